The first-order valence-corrected chi connectivity index (χ1v) is 6.28. The van der Waals surface area contributed by atoms with E-state index in [9.17, 15) is 8.42 Å². The van der Waals surface area contributed by atoms with E-state index in [-0.39, 0.29) is 5.25 Å². The summed E-state index contributed by atoms with van der Waals surface area (Å²) in [6.07, 6.45) is 3.17. The normalized spacial score (nSPS) is 27.1. The van der Waals surface area contributed by atoms with E-state index in [1.165, 1.54) is 0 Å². The largest absolute Gasteiger partial charge is 0.378 e. The molecule has 2 saturated heterocycles. The van der Waals surface area contributed by atoms with Crippen molar-refractivity contribution in [2.75, 3.05) is 26.3 Å². The maximum Gasteiger partial charge on any atom is 0.221 e. The highest BCUT2D eigenvalue weighted by molar-refractivity contribution is 7.89. The van der Waals surface area contributed by atoms with E-state index in [0.29, 0.717) is 26.3 Å². The minimum atomic E-state index is -3.02. The molecule has 0 bridgehead atoms. The van der Waals surface area contributed by atoms with E-state index in [1.807, 2.05) is 0 Å². The zero-order chi connectivity index (χ0) is 9.31. The summed E-state index contributed by atoms with van der Waals surface area (Å²) >= 11 is 0. The van der Waals surface area contributed by atoms with Crippen LogP contribution in [0, 0.1) is 0 Å². The number of sulfonamides is 1. The van der Waals surface area contributed by atoms with Crippen LogP contribution in [-0.2, 0) is 14.8 Å². The quantitative estimate of drug-likeness (QED) is 0.647. The Labute approximate surface area is 78.9 Å². The van der Waals surface area contributed by atoms with Crippen LogP contribution in [0.3, 0.4) is 0 Å². The lowest BCUT2D eigenvalue weighted by atomic mass is 10.2. The number of ether oxygens (including phenoxy) is 1. The summed E-state index contributed by atoms with van der Waals surface area (Å²) in [5.41, 5.74) is 0. The molecule has 0 aromatic carbocycles. The second kappa shape index (κ2) is 3.55. The van der Waals surface area contributed by atoms with Gasteiger partial charge in [-0.2, -0.15) is 0 Å². The predicted octanol–water partition coefficient (Wildman–Crippen LogP) is 0.201. The molecular weight excluding hydrogens is 190 g/mol. The molecule has 0 aromatic rings. The van der Waals surface area contributed by atoms with Crippen LogP contribution in [0.5, 0.6) is 0 Å². The van der Waals surface area contributed by atoms with Crippen LogP contribution in [0.2, 0.25) is 0 Å². The summed E-state index contributed by atoms with van der Waals surface area (Å²) in [6, 6.07) is 0. The van der Waals surface area contributed by atoms with Crippen LogP contribution in [-0.4, -0.2) is 44.3 Å². The van der Waals surface area contributed by atoms with Crippen molar-refractivity contribution >= 4 is 10.0 Å². The Morgan fingerprint density at radius 1 is 1.08 bits per heavy atom. The maximum absolute atomic E-state index is 11.8. The van der Waals surface area contributed by atoms with Crippen molar-refractivity contribution < 1.29 is 13.2 Å². The molecule has 0 unspecified atom stereocenters. The molecule has 13 heavy (non-hydrogen) atoms. The highest BCUT2D eigenvalue weighted by atomic mass is 32.2. The summed E-state index contributed by atoms with van der Waals surface area (Å²) in [5.74, 6) is 0. The Kier molecular flexibility index (Phi) is 2.58. The van der Waals surface area contributed by atoms with Gasteiger partial charge in [-0.25, -0.2) is 12.7 Å². The number of piperidine rings is 1. The molecule has 76 valence electrons. The van der Waals surface area contributed by atoms with Crippen molar-refractivity contribution in [2.45, 2.75) is 24.5 Å². The van der Waals surface area contributed by atoms with Crippen molar-refractivity contribution in [1.82, 2.24) is 4.31 Å². The molecule has 0 radical (unpaired) electrons. The van der Waals surface area contributed by atoms with Crippen LogP contribution in [0.25, 0.3) is 0 Å². The van der Waals surface area contributed by atoms with E-state index in [1.54, 1.807) is 4.31 Å². The Hall–Kier alpha value is -0.130. The fourth-order valence-electron chi connectivity index (χ4n) is 1.72. The highest BCUT2D eigenvalue weighted by Gasteiger charge is 2.37. The third kappa shape index (κ3) is 1.73. The summed E-state index contributed by atoms with van der Waals surface area (Å²) in [7, 11) is -3.02. The average molecular weight is 205 g/mol. The monoisotopic (exact) mass is 205 g/mol. The zero-order valence-corrected chi connectivity index (χ0v) is 8.42. The van der Waals surface area contributed by atoms with Crippen LogP contribution < -0.4 is 0 Å². The molecular formula is C8H15NO3S. The van der Waals surface area contributed by atoms with Crippen LogP contribution >= 0.6 is 0 Å². The van der Waals surface area contributed by atoms with Gasteiger partial charge in [-0.15, -0.1) is 0 Å². The Balaban J connectivity index is 2.03. The molecule has 0 amide bonds. The van der Waals surface area contributed by atoms with Gasteiger partial charge in [0.1, 0.15) is 5.25 Å². The van der Waals surface area contributed by atoms with E-state index in [2.05, 4.69) is 0 Å². The SMILES string of the molecule is O=S(=O)(C1COC1)N1CCCCC1. The standard InChI is InChI=1S/C8H15NO3S/c10-13(11,8-6-12-7-8)9-4-2-1-3-5-9/h8H,1-7H2. The Morgan fingerprint density at radius 2 is 1.69 bits per heavy atom. The fraction of sp³-hybridized carbons (Fsp3) is 1.00. The second-order valence-electron chi connectivity index (χ2n) is 3.66. The smallest absolute Gasteiger partial charge is 0.221 e. The van der Waals surface area contributed by atoms with Gasteiger partial charge in [0.05, 0.1) is 13.2 Å². The van der Waals surface area contributed by atoms with E-state index >= 15 is 0 Å². The topological polar surface area (TPSA) is 46.6 Å². The molecule has 2 heterocycles. The Morgan fingerprint density at radius 3 is 2.15 bits per heavy atom. The van der Waals surface area contributed by atoms with Gasteiger partial charge in [-0.3, -0.25) is 0 Å². The van der Waals surface area contributed by atoms with Gasteiger partial charge in [0.2, 0.25) is 10.0 Å². The summed E-state index contributed by atoms with van der Waals surface area (Å²) in [6.45, 7) is 2.19. The molecule has 0 N–H and O–H groups in total. The number of hydrogen-bond acceptors (Lipinski definition) is 3. The minimum Gasteiger partial charge on any atom is -0.378 e. The second-order valence-corrected chi connectivity index (χ2v) is 5.88. The molecule has 0 aliphatic carbocycles. The zero-order valence-electron chi connectivity index (χ0n) is 7.61. The molecule has 2 aliphatic heterocycles. The lowest BCUT2D eigenvalue weighted by molar-refractivity contribution is 0.0389. The lowest BCUT2D eigenvalue weighted by Gasteiger charge is -2.33. The Bertz CT molecular complexity index is 265. The van der Waals surface area contributed by atoms with E-state index < -0.39 is 10.0 Å². The van der Waals surface area contributed by atoms with Gasteiger partial charge in [0.15, 0.2) is 0 Å². The third-order valence-electron chi connectivity index (χ3n) is 2.70. The molecule has 4 nitrogen and oxygen atoms in total. The fourth-order valence-corrected chi connectivity index (χ4v) is 3.44. The molecule has 0 spiro atoms. The molecule has 2 fully saturated rings. The van der Waals surface area contributed by atoms with E-state index in [0.717, 1.165) is 19.3 Å². The van der Waals surface area contributed by atoms with Gasteiger partial charge in [0.25, 0.3) is 0 Å². The molecule has 0 saturated carbocycles. The van der Waals surface area contributed by atoms with Crippen LogP contribution in [0.15, 0.2) is 0 Å². The first-order valence-electron chi connectivity index (χ1n) is 4.78. The van der Waals surface area contributed by atoms with Gasteiger partial charge >= 0.3 is 0 Å². The number of nitrogens with zero attached hydrogens (tertiary/aromatic N) is 1. The van der Waals surface area contributed by atoms with Gasteiger partial charge in [0, 0.05) is 13.1 Å². The lowest BCUT2D eigenvalue weighted by Crippen LogP contribution is -2.50. The van der Waals surface area contributed by atoms with Crippen molar-refractivity contribution in [2.24, 2.45) is 0 Å². The molecule has 2 rings (SSSR count). The maximum atomic E-state index is 11.8. The number of hydrogen-bond donors (Lipinski definition) is 0. The van der Waals surface area contributed by atoms with Crippen molar-refractivity contribution in [3.63, 3.8) is 0 Å². The molecule has 5 heteroatoms. The summed E-state index contributed by atoms with van der Waals surface area (Å²) < 4.78 is 30.2. The van der Waals surface area contributed by atoms with Crippen molar-refractivity contribution in [3.05, 3.63) is 0 Å². The number of rotatable bonds is 2. The van der Waals surface area contributed by atoms with Gasteiger partial charge in [-0.1, -0.05) is 6.42 Å². The summed E-state index contributed by atoms with van der Waals surface area (Å²) in [4.78, 5) is 0. The van der Waals surface area contributed by atoms with E-state index in [4.69, 9.17) is 4.74 Å². The van der Waals surface area contributed by atoms with Gasteiger partial charge < -0.3 is 4.74 Å². The molecule has 0 aromatic heterocycles. The van der Waals surface area contributed by atoms with Gasteiger partial charge in [-0.05, 0) is 12.8 Å². The first kappa shape index (κ1) is 9.43. The minimum absolute atomic E-state index is 0.259. The first-order chi connectivity index (χ1) is 6.21. The highest BCUT2D eigenvalue weighted by Crippen LogP contribution is 2.20. The molecule has 2 aliphatic rings. The predicted molar refractivity (Wildman–Crippen MR) is 49.0 cm³/mol. The molecule has 0 atom stereocenters. The van der Waals surface area contributed by atoms with Crippen LogP contribution in [0.1, 0.15) is 19.3 Å². The summed E-state index contributed by atoms with van der Waals surface area (Å²) in [5, 5.41) is -0.259. The van der Waals surface area contributed by atoms with Crippen LogP contribution in [0.4, 0.5) is 0 Å². The van der Waals surface area contributed by atoms with Crippen molar-refractivity contribution in [3.8, 4) is 0 Å². The average Bonchev–Trinajstić information content (AvgIpc) is 2.02. The van der Waals surface area contributed by atoms with Crippen molar-refractivity contribution in [1.29, 1.82) is 0 Å². The third-order valence-corrected chi connectivity index (χ3v) is 4.90.